The summed E-state index contributed by atoms with van der Waals surface area (Å²) >= 11 is 4.58. The Kier molecular flexibility index (Phi) is 4.04. The smallest absolute Gasteiger partial charge is 0.293 e. The Hall–Kier alpha value is -2.06. The van der Waals surface area contributed by atoms with E-state index < -0.39 is 5.91 Å². The minimum absolute atomic E-state index is 0.0620. The highest BCUT2D eigenvalue weighted by atomic mass is 79.9. The molecule has 2 heterocycles. The molecule has 0 atom stereocenters. The quantitative estimate of drug-likeness (QED) is 0.754. The number of anilines is 1. The predicted octanol–water partition coefficient (Wildman–Crippen LogP) is 3.22. The van der Waals surface area contributed by atoms with Crippen LogP contribution in [0.25, 0.3) is 11.0 Å². The summed E-state index contributed by atoms with van der Waals surface area (Å²) in [6, 6.07) is 6.20. The van der Waals surface area contributed by atoms with Gasteiger partial charge in [-0.2, -0.15) is 0 Å². The van der Waals surface area contributed by atoms with Gasteiger partial charge in [-0.1, -0.05) is 34.2 Å². The average Bonchev–Trinajstić information content (AvgIpc) is 2.95. The van der Waals surface area contributed by atoms with Gasteiger partial charge in [-0.25, -0.2) is 0 Å². The third-order valence-corrected chi connectivity index (χ3v) is 4.38. The van der Waals surface area contributed by atoms with Crippen LogP contribution in [0.15, 0.2) is 37.9 Å². The van der Waals surface area contributed by atoms with Crippen LogP contribution < -0.4 is 10.7 Å². The van der Waals surface area contributed by atoms with Crippen molar-refractivity contribution in [2.45, 2.75) is 13.3 Å². The zero-order chi connectivity index (χ0) is 15.7. The second kappa shape index (κ2) is 5.98. The van der Waals surface area contributed by atoms with Crippen LogP contribution in [-0.4, -0.2) is 16.1 Å². The normalized spacial score (nSPS) is 10.8. The predicted molar refractivity (Wildman–Crippen MR) is 87.4 cm³/mol. The summed E-state index contributed by atoms with van der Waals surface area (Å²) in [7, 11) is 0. The van der Waals surface area contributed by atoms with Crippen molar-refractivity contribution in [3.63, 3.8) is 0 Å². The summed E-state index contributed by atoms with van der Waals surface area (Å²) in [5.41, 5.74) is 0.0755. The van der Waals surface area contributed by atoms with Gasteiger partial charge in [0, 0.05) is 10.5 Å². The van der Waals surface area contributed by atoms with Gasteiger partial charge in [-0.3, -0.25) is 14.9 Å². The SMILES string of the molecule is CCc1nnc(NC(=O)c2cc(=O)c3cc(Br)ccc3o2)s1. The van der Waals surface area contributed by atoms with Crippen molar-refractivity contribution in [1.82, 2.24) is 10.2 Å². The molecule has 0 saturated carbocycles. The van der Waals surface area contributed by atoms with Crippen molar-refractivity contribution in [3.05, 3.63) is 49.7 Å². The number of aryl methyl sites for hydroxylation is 1. The number of carbonyl (C=O) groups is 1. The molecule has 0 aliphatic heterocycles. The number of fused-ring (bicyclic) bond motifs is 1. The Morgan fingerprint density at radius 3 is 2.91 bits per heavy atom. The Morgan fingerprint density at radius 1 is 1.36 bits per heavy atom. The molecule has 1 aromatic carbocycles. The first-order valence-corrected chi connectivity index (χ1v) is 8.05. The van der Waals surface area contributed by atoms with Gasteiger partial charge < -0.3 is 4.42 Å². The minimum Gasteiger partial charge on any atom is -0.451 e. The lowest BCUT2D eigenvalue weighted by Crippen LogP contribution is -2.14. The summed E-state index contributed by atoms with van der Waals surface area (Å²) in [5, 5.41) is 12.0. The van der Waals surface area contributed by atoms with Gasteiger partial charge in [-0.05, 0) is 24.6 Å². The summed E-state index contributed by atoms with van der Waals surface area (Å²) in [6.45, 7) is 1.95. The Morgan fingerprint density at radius 2 is 2.18 bits per heavy atom. The fourth-order valence-corrected chi connectivity index (χ4v) is 2.88. The van der Waals surface area contributed by atoms with Crippen molar-refractivity contribution in [2.75, 3.05) is 5.32 Å². The summed E-state index contributed by atoms with van der Waals surface area (Å²) in [6.07, 6.45) is 0.744. The topological polar surface area (TPSA) is 85.1 Å². The highest BCUT2D eigenvalue weighted by Gasteiger charge is 2.14. The molecule has 112 valence electrons. The van der Waals surface area contributed by atoms with Crippen molar-refractivity contribution >= 4 is 49.3 Å². The number of halogens is 1. The molecule has 1 N–H and O–H groups in total. The van der Waals surface area contributed by atoms with Crippen LogP contribution in [0.5, 0.6) is 0 Å². The molecule has 0 aliphatic carbocycles. The Balaban J connectivity index is 1.94. The van der Waals surface area contributed by atoms with E-state index in [2.05, 4.69) is 31.4 Å². The standard InChI is InChI=1S/C14H10BrN3O3S/c1-2-12-17-18-14(22-12)16-13(20)11-6-9(19)8-5-7(15)3-4-10(8)21-11/h3-6H,2H2,1H3,(H,16,18,20). The zero-order valence-corrected chi connectivity index (χ0v) is 13.8. The van der Waals surface area contributed by atoms with E-state index in [0.29, 0.717) is 16.1 Å². The van der Waals surface area contributed by atoms with Crippen molar-refractivity contribution in [1.29, 1.82) is 0 Å². The largest absolute Gasteiger partial charge is 0.451 e. The van der Waals surface area contributed by atoms with E-state index >= 15 is 0 Å². The third-order valence-electron chi connectivity index (χ3n) is 2.90. The van der Waals surface area contributed by atoms with Gasteiger partial charge in [-0.15, -0.1) is 10.2 Å². The van der Waals surface area contributed by atoms with E-state index in [9.17, 15) is 9.59 Å². The maximum Gasteiger partial charge on any atom is 0.293 e. The highest BCUT2D eigenvalue weighted by Crippen LogP contribution is 2.20. The van der Waals surface area contributed by atoms with Crippen LogP contribution in [-0.2, 0) is 6.42 Å². The number of nitrogens with one attached hydrogen (secondary N) is 1. The molecular weight excluding hydrogens is 370 g/mol. The summed E-state index contributed by atoms with van der Waals surface area (Å²) in [5.74, 6) is -0.589. The number of hydrogen-bond donors (Lipinski definition) is 1. The van der Waals surface area contributed by atoms with E-state index in [4.69, 9.17) is 4.42 Å². The molecule has 0 unspecified atom stereocenters. The number of nitrogens with zero attached hydrogens (tertiary/aromatic N) is 2. The first-order valence-electron chi connectivity index (χ1n) is 6.44. The molecule has 0 bridgehead atoms. The van der Waals surface area contributed by atoms with E-state index in [1.165, 1.54) is 17.4 Å². The first-order chi connectivity index (χ1) is 10.6. The third kappa shape index (κ3) is 2.93. The number of hydrogen-bond acceptors (Lipinski definition) is 6. The van der Waals surface area contributed by atoms with E-state index in [1.807, 2.05) is 6.92 Å². The number of carbonyl (C=O) groups excluding carboxylic acids is 1. The molecule has 0 saturated heterocycles. The van der Waals surface area contributed by atoms with Crippen LogP contribution in [0.2, 0.25) is 0 Å². The molecule has 0 spiro atoms. The van der Waals surface area contributed by atoms with Gasteiger partial charge in [0.2, 0.25) is 5.13 Å². The van der Waals surface area contributed by atoms with Gasteiger partial charge in [0.25, 0.3) is 5.91 Å². The monoisotopic (exact) mass is 379 g/mol. The van der Waals surface area contributed by atoms with Crippen LogP contribution >= 0.6 is 27.3 Å². The lowest BCUT2D eigenvalue weighted by atomic mass is 10.2. The van der Waals surface area contributed by atoms with E-state index in [1.54, 1.807) is 18.2 Å². The fourth-order valence-electron chi connectivity index (χ4n) is 1.85. The second-order valence-electron chi connectivity index (χ2n) is 4.42. The molecule has 8 heteroatoms. The van der Waals surface area contributed by atoms with Crippen molar-refractivity contribution in [3.8, 4) is 0 Å². The van der Waals surface area contributed by atoms with Crippen LogP contribution in [0.4, 0.5) is 5.13 Å². The fraction of sp³-hybridized carbons (Fsp3) is 0.143. The molecule has 6 nitrogen and oxygen atoms in total. The molecule has 22 heavy (non-hydrogen) atoms. The number of rotatable bonds is 3. The maximum absolute atomic E-state index is 12.2. The maximum atomic E-state index is 12.2. The Bertz CT molecular complexity index is 919. The van der Waals surface area contributed by atoms with E-state index in [-0.39, 0.29) is 11.2 Å². The molecule has 0 aliphatic rings. The molecule has 3 aromatic rings. The minimum atomic E-state index is -0.527. The molecular formula is C14H10BrN3O3S. The van der Waals surface area contributed by atoms with Gasteiger partial charge in [0.1, 0.15) is 10.6 Å². The van der Waals surface area contributed by atoms with Crippen molar-refractivity contribution in [2.24, 2.45) is 0 Å². The number of aromatic nitrogens is 2. The molecule has 0 radical (unpaired) electrons. The molecule has 1 amide bonds. The highest BCUT2D eigenvalue weighted by molar-refractivity contribution is 9.10. The van der Waals surface area contributed by atoms with Gasteiger partial charge in [0.05, 0.1) is 5.39 Å². The van der Waals surface area contributed by atoms with Gasteiger partial charge >= 0.3 is 0 Å². The van der Waals surface area contributed by atoms with Crippen molar-refractivity contribution < 1.29 is 9.21 Å². The van der Waals surface area contributed by atoms with Crippen LogP contribution in [0.3, 0.4) is 0 Å². The lowest BCUT2D eigenvalue weighted by Gasteiger charge is -2.02. The first kappa shape index (κ1) is 14.9. The van der Waals surface area contributed by atoms with Gasteiger partial charge in [0.15, 0.2) is 11.2 Å². The lowest BCUT2D eigenvalue weighted by molar-refractivity contribution is 0.0997. The second-order valence-corrected chi connectivity index (χ2v) is 6.40. The molecule has 0 fully saturated rings. The number of amides is 1. The Labute approximate surface area is 137 Å². The van der Waals surface area contributed by atoms with Crippen LogP contribution in [0.1, 0.15) is 22.5 Å². The molecule has 2 aromatic heterocycles. The number of benzene rings is 1. The van der Waals surface area contributed by atoms with Crippen LogP contribution in [0, 0.1) is 0 Å². The zero-order valence-electron chi connectivity index (χ0n) is 11.4. The average molecular weight is 380 g/mol. The summed E-state index contributed by atoms with van der Waals surface area (Å²) in [4.78, 5) is 24.2. The van der Waals surface area contributed by atoms with E-state index in [0.717, 1.165) is 15.9 Å². The molecule has 3 rings (SSSR count). The summed E-state index contributed by atoms with van der Waals surface area (Å²) < 4.78 is 6.26.